The molecule has 3 rings (SSSR count). The number of nitrogens with one attached hydrogen (secondary N) is 1. The Morgan fingerprint density at radius 3 is 2.76 bits per heavy atom. The van der Waals surface area contributed by atoms with Crippen molar-refractivity contribution >= 4 is 0 Å². The van der Waals surface area contributed by atoms with E-state index in [-0.39, 0.29) is 17.3 Å². The molecule has 0 aliphatic heterocycles. The van der Waals surface area contributed by atoms with Gasteiger partial charge in [0.15, 0.2) is 11.6 Å². The topological polar surface area (TPSA) is 21.3 Å². The predicted molar refractivity (Wildman–Crippen MR) is 83.2 cm³/mol. The summed E-state index contributed by atoms with van der Waals surface area (Å²) in [6.45, 7) is 4.95. The van der Waals surface area contributed by atoms with Crippen LogP contribution in [0.3, 0.4) is 0 Å². The van der Waals surface area contributed by atoms with Crippen molar-refractivity contribution in [1.29, 1.82) is 0 Å². The molecular weight excluding hydrogens is 265 g/mol. The Balaban J connectivity index is 1.77. The maximum Gasteiger partial charge on any atom is 0.167 e. The number of hydrogen-bond acceptors (Lipinski definition) is 2. The zero-order valence-electron chi connectivity index (χ0n) is 13.1. The van der Waals surface area contributed by atoms with Gasteiger partial charge in [-0.15, -0.1) is 0 Å². The summed E-state index contributed by atoms with van der Waals surface area (Å²) in [5.74, 6) is 0.232. The first kappa shape index (κ1) is 14.8. The molecular formula is C18H26FNO. The Kier molecular flexibility index (Phi) is 4.21. The first-order chi connectivity index (χ1) is 10.2. The highest BCUT2D eigenvalue weighted by Gasteiger charge is 2.56. The summed E-state index contributed by atoms with van der Waals surface area (Å²) in [4.78, 5) is 0. The second-order valence-corrected chi connectivity index (χ2v) is 6.63. The van der Waals surface area contributed by atoms with Crippen LogP contribution in [0.15, 0.2) is 18.2 Å². The molecule has 1 N–H and O–H groups in total. The lowest BCUT2D eigenvalue weighted by Gasteiger charge is -2.57. The summed E-state index contributed by atoms with van der Waals surface area (Å²) < 4.78 is 20.3. The Morgan fingerprint density at radius 1 is 1.29 bits per heavy atom. The monoisotopic (exact) mass is 291 g/mol. The molecule has 2 aliphatic carbocycles. The molecule has 1 aromatic carbocycles. The summed E-state index contributed by atoms with van der Waals surface area (Å²) in [6, 6.07) is 5.97. The molecule has 0 saturated heterocycles. The molecule has 2 atom stereocenters. The largest absolute Gasteiger partial charge is 0.487 e. The smallest absolute Gasteiger partial charge is 0.167 e. The van der Waals surface area contributed by atoms with Crippen LogP contribution in [0, 0.1) is 18.2 Å². The van der Waals surface area contributed by atoms with Crippen LogP contribution in [0.5, 0.6) is 5.75 Å². The van der Waals surface area contributed by atoms with Gasteiger partial charge in [0.05, 0.1) is 0 Å². The van der Waals surface area contributed by atoms with E-state index < -0.39 is 0 Å². The van der Waals surface area contributed by atoms with Gasteiger partial charge in [-0.3, -0.25) is 0 Å². The lowest BCUT2D eigenvalue weighted by atomic mass is 9.55. The summed E-state index contributed by atoms with van der Waals surface area (Å²) in [5, 5.41) is 3.61. The highest BCUT2D eigenvalue weighted by Crippen LogP contribution is 2.53. The van der Waals surface area contributed by atoms with Gasteiger partial charge in [-0.25, -0.2) is 4.39 Å². The van der Waals surface area contributed by atoms with Gasteiger partial charge in [-0.05, 0) is 37.9 Å². The average Bonchev–Trinajstić information content (AvgIpc) is 2.51. The van der Waals surface area contributed by atoms with Gasteiger partial charge < -0.3 is 10.1 Å². The third-order valence-corrected chi connectivity index (χ3v) is 5.45. The summed E-state index contributed by atoms with van der Waals surface area (Å²) in [6.07, 6.45) is 7.47. The molecule has 116 valence electrons. The Bertz CT molecular complexity index is 496. The SMILES string of the molecule is CCNC1CC(Oc2cccc(C)c2F)C12CCCCC2. The van der Waals surface area contributed by atoms with Crippen LogP contribution >= 0.6 is 0 Å². The number of ether oxygens (including phenoxy) is 1. The number of hydrogen-bond donors (Lipinski definition) is 1. The van der Waals surface area contributed by atoms with Crippen LogP contribution in [0.25, 0.3) is 0 Å². The second-order valence-electron chi connectivity index (χ2n) is 6.63. The Hall–Kier alpha value is -1.09. The van der Waals surface area contributed by atoms with Gasteiger partial charge in [0.2, 0.25) is 0 Å². The van der Waals surface area contributed by atoms with Crippen LogP contribution in [-0.4, -0.2) is 18.7 Å². The lowest BCUT2D eigenvalue weighted by Crippen LogP contribution is -2.65. The van der Waals surface area contributed by atoms with E-state index in [9.17, 15) is 4.39 Å². The fraction of sp³-hybridized carbons (Fsp3) is 0.667. The van der Waals surface area contributed by atoms with Crippen molar-refractivity contribution in [2.24, 2.45) is 5.41 Å². The highest BCUT2D eigenvalue weighted by molar-refractivity contribution is 5.31. The Morgan fingerprint density at radius 2 is 2.05 bits per heavy atom. The molecule has 2 unspecified atom stereocenters. The fourth-order valence-electron chi connectivity index (χ4n) is 4.19. The zero-order chi connectivity index (χ0) is 14.9. The normalized spacial score (nSPS) is 27.4. The van der Waals surface area contributed by atoms with Gasteiger partial charge >= 0.3 is 0 Å². The molecule has 0 aromatic heterocycles. The summed E-state index contributed by atoms with van der Waals surface area (Å²) in [7, 11) is 0. The minimum absolute atomic E-state index is 0.165. The zero-order valence-corrected chi connectivity index (χ0v) is 13.1. The number of benzene rings is 1. The molecule has 3 heteroatoms. The first-order valence-corrected chi connectivity index (χ1v) is 8.32. The molecule has 0 bridgehead atoms. The van der Waals surface area contributed by atoms with E-state index in [4.69, 9.17) is 4.74 Å². The minimum atomic E-state index is -0.199. The third-order valence-electron chi connectivity index (χ3n) is 5.45. The van der Waals surface area contributed by atoms with Gasteiger partial charge in [0.25, 0.3) is 0 Å². The maximum absolute atomic E-state index is 14.2. The van der Waals surface area contributed by atoms with Crippen LogP contribution in [0.2, 0.25) is 0 Å². The molecule has 1 spiro atoms. The lowest BCUT2D eigenvalue weighted by molar-refractivity contribution is -0.103. The van der Waals surface area contributed by atoms with E-state index in [0.29, 0.717) is 17.4 Å². The fourth-order valence-corrected chi connectivity index (χ4v) is 4.19. The average molecular weight is 291 g/mol. The van der Waals surface area contributed by atoms with Crippen molar-refractivity contribution in [3.63, 3.8) is 0 Å². The molecule has 1 aromatic rings. The van der Waals surface area contributed by atoms with E-state index in [1.54, 1.807) is 19.1 Å². The van der Waals surface area contributed by atoms with Crippen LogP contribution < -0.4 is 10.1 Å². The standard InChI is InChI=1S/C18H26FNO/c1-3-20-15-12-16(18(15)10-5-4-6-11-18)21-14-9-7-8-13(2)17(14)19/h7-9,15-16,20H,3-6,10-12H2,1-2H3. The van der Waals surface area contributed by atoms with E-state index in [0.717, 1.165) is 13.0 Å². The van der Waals surface area contributed by atoms with E-state index >= 15 is 0 Å². The number of rotatable bonds is 4. The van der Waals surface area contributed by atoms with Crippen molar-refractivity contribution < 1.29 is 9.13 Å². The quantitative estimate of drug-likeness (QED) is 0.897. The third kappa shape index (κ3) is 2.57. The Labute approximate surface area is 127 Å². The number of aryl methyl sites for hydroxylation is 1. The minimum Gasteiger partial charge on any atom is -0.487 e. The highest BCUT2D eigenvalue weighted by atomic mass is 19.1. The van der Waals surface area contributed by atoms with Crippen molar-refractivity contribution in [1.82, 2.24) is 5.32 Å². The van der Waals surface area contributed by atoms with Crippen molar-refractivity contribution in [2.75, 3.05) is 6.54 Å². The van der Waals surface area contributed by atoms with E-state index in [1.165, 1.54) is 32.1 Å². The molecule has 0 amide bonds. The second kappa shape index (κ2) is 5.96. The van der Waals surface area contributed by atoms with Gasteiger partial charge in [0, 0.05) is 17.9 Å². The molecule has 21 heavy (non-hydrogen) atoms. The van der Waals surface area contributed by atoms with Crippen molar-refractivity contribution in [3.8, 4) is 5.75 Å². The van der Waals surface area contributed by atoms with E-state index in [2.05, 4.69) is 12.2 Å². The van der Waals surface area contributed by atoms with Crippen LogP contribution in [0.1, 0.15) is 51.0 Å². The molecule has 0 heterocycles. The van der Waals surface area contributed by atoms with E-state index in [1.807, 2.05) is 6.07 Å². The van der Waals surface area contributed by atoms with Crippen molar-refractivity contribution in [3.05, 3.63) is 29.6 Å². The van der Waals surface area contributed by atoms with Gasteiger partial charge in [-0.2, -0.15) is 0 Å². The number of halogens is 1. The maximum atomic E-state index is 14.2. The molecule has 2 fully saturated rings. The summed E-state index contributed by atoms with van der Waals surface area (Å²) in [5.41, 5.74) is 0.887. The van der Waals surface area contributed by atoms with Crippen LogP contribution in [0.4, 0.5) is 4.39 Å². The van der Waals surface area contributed by atoms with Crippen LogP contribution in [-0.2, 0) is 0 Å². The van der Waals surface area contributed by atoms with Gasteiger partial charge in [0.1, 0.15) is 6.10 Å². The molecule has 0 radical (unpaired) electrons. The predicted octanol–water partition coefficient (Wildman–Crippen LogP) is 4.21. The molecule has 2 nitrogen and oxygen atoms in total. The summed E-state index contributed by atoms with van der Waals surface area (Å²) >= 11 is 0. The van der Waals surface area contributed by atoms with Gasteiger partial charge in [-0.1, -0.05) is 38.3 Å². The molecule has 2 saturated carbocycles. The van der Waals surface area contributed by atoms with Crippen molar-refractivity contribution in [2.45, 2.75) is 64.5 Å². The molecule has 2 aliphatic rings. The first-order valence-electron chi connectivity index (χ1n) is 8.32.